The van der Waals surface area contributed by atoms with Gasteiger partial charge in [0.25, 0.3) is 6.71 Å². The first-order valence-corrected chi connectivity index (χ1v) is 25.5. The average molecular weight is 881 g/mol. The highest BCUT2D eigenvalue weighted by Gasteiger charge is 2.45. The van der Waals surface area contributed by atoms with E-state index in [0.717, 1.165) is 12.8 Å². The highest BCUT2D eigenvalue weighted by molar-refractivity contribution is 7.00. The Morgan fingerprint density at radius 3 is 1.45 bits per heavy atom. The first-order chi connectivity index (χ1) is 31.8. The molecule has 6 aromatic carbocycles. The number of anilines is 6. The van der Waals surface area contributed by atoms with Crippen molar-refractivity contribution in [2.45, 2.75) is 156 Å². The van der Waals surface area contributed by atoms with Gasteiger partial charge < -0.3 is 9.80 Å². The van der Waals surface area contributed by atoms with Crippen LogP contribution < -0.4 is 26.2 Å². The summed E-state index contributed by atoms with van der Waals surface area (Å²) in [6, 6.07) is 48.6. The fraction of sp³-hybridized carbons (Fsp3) is 0.375. The van der Waals surface area contributed by atoms with E-state index in [9.17, 15) is 0 Å². The Balaban J connectivity index is 1.25. The van der Waals surface area contributed by atoms with Crippen molar-refractivity contribution in [3.05, 3.63) is 184 Å². The second-order valence-corrected chi connectivity index (χ2v) is 23.9. The first kappa shape index (κ1) is 45.3. The monoisotopic (exact) mass is 881 g/mol. The van der Waals surface area contributed by atoms with Crippen LogP contribution in [0.3, 0.4) is 0 Å². The van der Waals surface area contributed by atoms with Crippen LogP contribution in [-0.4, -0.2) is 6.71 Å². The molecule has 0 bridgehead atoms. The number of aryl methyl sites for hydroxylation is 1. The Labute approximate surface area is 404 Å². The molecular formula is C64H73BN2. The van der Waals surface area contributed by atoms with Gasteiger partial charge in [-0.2, -0.15) is 0 Å². The highest BCUT2D eigenvalue weighted by atomic mass is 15.2. The molecule has 1 saturated carbocycles. The maximum atomic E-state index is 2.65. The standard InChI is InChI=1S/C64H73BN2/c1-42-18-22-47(23-19-42)63(9,10)49-28-34-53(35-29-49)67-57-37-31-51(64(11,12)48-24-20-43(2)21-25-48)41-55(57)65-54-40-50(62(6,7)8)30-36-56(54)66(52-32-26-46(27-33-52)61(3,4)5)58-38-45(39-59(67)60(58)65)44-16-14-13-15-17-44/h18,20-22,24-41,44H,13-17,19,23H2,1-12H3. The molecule has 0 saturated heterocycles. The number of hydrogen-bond donors (Lipinski definition) is 0. The summed E-state index contributed by atoms with van der Waals surface area (Å²) >= 11 is 0. The van der Waals surface area contributed by atoms with Crippen LogP contribution in [0, 0.1) is 6.92 Å². The molecule has 10 rings (SSSR count). The largest absolute Gasteiger partial charge is 0.311 e. The molecule has 67 heavy (non-hydrogen) atoms. The van der Waals surface area contributed by atoms with Gasteiger partial charge in [-0.3, -0.25) is 0 Å². The summed E-state index contributed by atoms with van der Waals surface area (Å²) in [6.45, 7) is 28.2. The van der Waals surface area contributed by atoms with Crippen LogP contribution in [0.1, 0.15) is 166 Å². The van der Waals surface area contributed by atoms with Gasteiger partial charge >= 0.3 is 0 Å². The SMILES string of the molecule is CC1=CC=C(C(C)(C)c2ccc(N3c4ccc(C(C)(C)c5ccc(C)cc5)cc4B4c5cc(C(C)(C)C)ccc5N(c5ccc(C(C)(C)C)cc5)c5cc(C6CCCCC6)cc3c54)cc2)CC1. The molecule has 0 unspecified atom stereocenters. The lowest BCUT2D eigenvalue weighted by Gasteiger charge is -2.45. The number of benzene rings is 6. The summed E-state index contributed by atoms with van der Waals surface area (Å²) < 4.78 is 0. The lowest BCUT2D eigenvalue weighted by molar-refractivity contribution is 0.444. The molecule has 0 atom stereocenters. The number of rotatable bonds is 7. The molecule has 6 aromatic rings. The van der Waals surface area contributed by atoms with Crippen molar-refractivity contribution >= 4 is 57.2 Å². The Bertz CT molecular complexity index is 2900. The summed E-state index contributed by atoms with van der Waals surface area (Å²) in [6.07, 6.45) is 13.4. The lowest BCUT2D eigenvalue weighted by Crippen LogP contribution is -2.61. The van der Waals surface area contributed by atoms with Gasteiger partial charge in [0.1, 0.15) is 0 Å². The molecule has 3 heteroatoms. The van der Waals surface area contributed by atoms with Crippen molar-refractivity contribution in [2.75, 3.05) is 9.80 Å². The molecule has 0 radical (unpaired) electrons. The van der Waals surface area contributed by atoms with E-state index in [1.54, 1.807) is 0 Å². The second kappa shape index (κ2) is 16.6. The predicted molar refractivity (Wildman–Crippen MR) is 291 cm³/mol. The third-order valence-corrected chi connectivity index (χ3v) is 16.5. The van der Waals surface area contributed by atoms with Crippen molar-refractivity contribution in [3.63, 3.8) is 0 Å². The topological polar surface area (TPSA) is 6.48 Å². The quantitative estimate of drug-likeness (QED) is 0.147. The highest BCUT2D eigenvalue weighted by Crippen LogP contribution is 2.49. The fourth-order valence-electron chi connectivity index (χ4n) is 11.8. The smallest absolute Gasteiger partial charge is 0.252 e. The molecule has 4 aliphatic rings. The van der Waals surface area contributed by atoms with Crippen LogP contribution in [-0.2, 0) is 21.7 Å². The van der Waals surface area contributed by atoms with E-state index < -0.39 is 0 Å². The summed E-state index contributed by atoms with van der Waals surface area (Å²) in [5, 5.41) is 0. The van der Waals surface area contributed by atoms with Gasteiger partial charge in [-0.05, 0) is 155 Å². The van der Waals surface area contributed by atoms with Crippen molar-refractivity contribution in [1.82, 2.24) is 0 Å². The van der Waals surface area contributed by atoms with E-state index in [1.165, 1.54) is 133 Å². The van der Waals surface area contributed by atoms with E-state index in [0.29, 0.717) is 5.92 Å². The third-order valence-electron chi connectivity index (χ3n) is 16.5. The second-order valence-electron chi connectivity index (χ2n) is 23.9. The van der Waals surface area contributed by atoms with E-state index in [1.807, 2.05) is 0 Å². The Kier molecular flexibility index (Phi) is 11.2. The van der Waals surface area contributed by atoms with E-state index in [4.69, 9.17) is 0 Å². The molecule has 1 fully saturated rings. The minimum absolute atomic E-state index is 0.0146. The first-order valence-electron chi connectivity index (χ1n) is 25.5. The molecule has 0 aromatic heterocycles. The van der Waals surface area contributed by atoms with Crippen molar-refractivity contribution in [1.29, 1.82) is 0 Å². The third kappa shape index (κ3) is 8.03. The molecule has 2 heterocycles. The molecule has 2 aliphatic heterocycles. The molecular weight excluding hydrogens is 808 g/mol. The van der Waals surface area contributed by atoms with Crippen LogP contribution in [0.2, 0.25) is 0 Å². The Hall–Kier alpha value is -5.54. The zero-order valence-electron chi connectivity index (χ0n) is 42.7. The van der Waals surface area contributed by atoms with E-state index in [-0.39, 0.29) is 28.4 Å². The normalized spacial score (nSPS) is 16.6. The average Bonchev–Trinajstić information content (AvgIpc) is 3.31. The van der Waals surface area contributed by atoms with Gasteiger partial charge in [0.15, 0.2) is 0 Å². The summed E-state index contributed by atoms with van der Waals surface area (Å²) in [7, 11) is 0. The number of hydrogen-bond acceptors (Lipinski definition) is 2. The molecule has 2 aliphatic carbocycles. The minimum Gasteiger partial charge on any atom is -0.311 e. The van der Waals surface area contributed by atoms with Gasteiger partial charge in [-0.25, -0.2) is 0 Å². The van der Waals surface area contributed by atoms with Gasteiger partial charge in [0.05, 0.1) is 0 Å². The van der Waals surface area contributed by atoms with Crippen molar-refractivity contribution in [2.24, 2.45) is 0 Å². The molecule has 342 valence electrons. The molecule has 0 spiro atoms. The fourth-order valence-corrected chi connectivity index (χ4v) is 11.8. The summed E-state index contributed by atoms with van der Waals surface area (Å²) in [5.74, 6) is 0.536. The van der Waals surface area contributed by atoms with Crippen LogP contribution >= 0.6 is 0 Å². The van der Waals surface area contributed by atoms with Crippen LogP contribution in [0.15, 0.2) is 145 Å². The number of allylic oxidation sites excluding steroid dienone is 4. The van der Waals surface area contributed by atoms with Crippen LogP contribution in [0.4, 0.5) is 34.1 Å². The number of fused-ring (bicyclic) bond motifs is 4. The number of nitrogens with zero attached hydrogens (tertiary/aromatic N) is 2. The minimum atomic E-state index is -0.206. The Morgan fingerprint density at radius 1 is 0.448 bits per heavy atom. The maximum Gasteiger partial charge on any atom is 0.252 e. The maximum absolute atomic E-state index is 2.65. The van der Waals surface area contributed by atoms with Crippen molar-refractivity contribution in [3.8, 4) is 0 Å². The molecule has 2 nitrogen and oxygen atoms in total. The summed E-state index contributed by atoms with van der Waals surface area (Å²) in [5.41, 5.74) is 24.2. The molecule has 0 amide bonds. The van der Waals surface area contributed by atoms with Gasteiger partial charge in [0, 0.05) is 45.0 Å². The van der Waals surface area contributed by atoms with Gasteiger partial charge in [0.2, 0.25) is 0 Å². The van der Waals surface area contributed by atoms with Gasteiger partial charge in [-0.1, -0.05) is 190 Å². The summed E-state index contributed by atoms with van der Waals surface area (Å²) in [4.78, 5) is 5.29. The zero-order chi connectivity index (χ0) is 47.2. The predicted octanol–water partition coefficient (Wildman–Crippen LogP) is 16.0. The van der Waals surface area contributed by atoms with Crippen LogP contribution in [0.5, 0.6) is 0 Å². The van der Waals surface area contributed by atoms with Crippen LogP contribution in [0.25, 0.3) is 0 Å². The molecule has 0 N–H and O–H groups in total. The lowest BCUT2D eigenvalue weighted by atomic mass is 9.33. The van der Waals surface area contributed by atoms with E-state index >= 15 is 0 Å². The zero-order valence-corrected chi connectivity index (χ0v) is 42.7. The van der Waals surface area contributed by atoms with Crippen molar-refractivity contribution < 1.29 is 0 Å². The Morgan fingerprint density at radius 2 is 0.925 bits per heavy atom. The van der Waals surface area contributed by atoms with E-state index in [2.05, 4.69) is 226 Å². The van der Waals surface area contributed by atoms with Gasteiger partial charge in [-0.15, -0.1) is 0 Å².